The minimum atomic E-state index is 0.299. The highest BCUT2D eigenvalue weighted by Gasteiger charge is 2.21. The molecular formula is C21H26N2O. The maximum absolute atomic E-state index is 12.7. The first-order valence-electron chi connectivity index (χ1n) is 8.87. The van der Waals surface area contributed by atoms with Crippen molar-refractivity contribution in [2.75, 3.05) is 26.2 Å². The number of carbonyl (C=O) groups excluding carboxylic acids is 1. The third-order valence-electron chi connectivity index (χ3n) is 4.67. The molecule has 0 saturated carbocycles. The molecule has 1 aliphatic rings. The third kappa shape index (κ3) is 4.93. The van der Waals surface area contributed by atoms with Crippen molar-refractivity contribution in [1.29, 1.82) is 0 Å². The molecule has 0 radical (unpaired) electrons. The van der Waals surface area contributed by atoms with Crippen LogP contribution in [0.4, 0.5) is 0 Å². The molecule has 2 aromatic carbocycles. The van der Waals surface area contributed by atoms with E-state index in [1.165, 1.54) is 11.1 Å². The highest BCUT2D eigenvalue weighted by Crippen LogP contribution is 2.19. The minimum absolute atomic E-state index is 0.299. The Morgan fingerprint density at radius 2 is 1.38 bits per heavy atom. The van der Waals surface area contributed by atoms with E-state index in [1.54, 1.807) is 0 Å². The number of hydrogen-bond acceptors (Lipinski definition) is 2. The van der Waals surface area contributed by atoms with Crippen LogP contribution in [-0.2, 0) is 17.6 Å². The Morgan fingerprint density at radius 3 is 1.88 bits per heavy atom. The van der Waals surface area contributed by atoms with Gasteiger partial charge in [-0.15, -0.1) is 0 Å². The van der Waals surface area contributed by atoms with Crippen molar-refractivity contribution in [1.82, 2.24) is 10.2 Å². The van der Waals surface area contributed by atoms with Gasteiger partial charge in [-0.25, -0.2) is 0 Å². The average molecular weight is 322 g/mol. The van der Waals surface area contributed by atoms with Crippen molar-refractivity contribution in [3.8, 4) is 0 Å². The summed E-state index contributed by atoms with van der Waals surface area (Å²) in [7, 11) is 0. The van der Waals surface area contributed by atoms with E-state index < -0.39 is 0 Å². The third-order valence-corrected chi connectivity index (χ3v) is 4.67. The van der Waals surface area contributed by atoms with Crippen molar-refractivity contribution >= 4 is 5.91 Å². The molecule has 1 aliphatic heterocycles. The van der Waals surface area contributed by atoms with E-state index >= 15 is 0 Å². The lowest BCUT2D eigenvalue weighted by Crippen LogP contribution is -2.46. The molecule has 3 nitrogen and oxygen atoms in total. The summed E-state index contributed by atoms with van der Waals surface area (Å²) in [5.74, 6) is 0.644. The summed E-state index contributed by atoms with van der Waals surface area (Å²) in [6.45, 7) is 3.49. The molecule has 1 fully saturated rings. The Bertz CT molecular complexity index is 579. The Morgan fingerprint density at radius 1 is 0.875 bits per heavy atom. The van der Waals surface area contributed by atoms with E-state index in [4.69, 9.17) is 0 Å². The zero-order chi connectivity index (χ0) is 16.6. The fourth-order valence-corrected chi connectivity index (χ4v) is 3.40. The number of amides is 1. The summed E-state index contributed by atoms with van der Waals surface area (Å²) in [5, 5.41) is 3.31. The van der Waals surface area contributed by atoms with E-state index in [0.717, 1.165) is 39.0 Å². The van der Waals surface area contributed by atoms with Gasteiger partial charge in [0.15, 0.2) is 0 Å². The van der Waals surface area contributed by atoms with Gasteiger partial charge in [0.25, 0.3) is 0 Å². The van der Waals surface area contributed by atoms with Gasteiger partial charge in [0.1, 0.15) is 0 Å². The summed E-state index contributed by atoms with van der Waals surface area (Å²) in [4.78, 5) is 14.7. The lowest BCUT2D eigenvalue weighted by atomic mass is 9.89. The zero-order valence-corrected chi connectivity index (χ0v) is 14.2. The van der Waals surface area contributed by atoms with Gasteiger partial charge in [0.2, 0.25) is 5.91 Å². The molecule has 1 amide bonds. The maximum atomic E-state index is 12.7. The first kappa shape index (κ1) is 16.7. The Kier molecular flexibility index (Phi) is 6.02. The van der Waals surface area contributed by atoms with E-state index in [0.29, 0.717) is 18.2 Å². The number of nitrogens with zero attached hydrogens (tertiary/aromatic N) is 1. The lowest BCUT2D eigenvalue weighted by molar-refractivity contribution is -0.132. The predicted octanol–water partition coefficient (Wildman–Crippen LogP) is 2.91. The Hall–Kier alpha value is -2.13. The number of rotatable bonds is 6. The highest BCUT2D eigenvalue weighted by molar-refractivity contribution is 5.76. The van der Waals surface area contributed by atoms with Gasteiger partial charge in [0.05, 0.1) is 0 Å². The van der Waals surface area contributed by atoms with Crippen molar-refractivity contribution in [2.45, 2.75) is 19.3 Å². The molecule has 3 heteroatoms. The number of nitrogens with one attached hydrogen (secondary N) is 1. The summed E-state index contributed by atoms with van der Waals surface area (Å²) in [6.07, 6.45) is 2.53. The summed E-state index contributed by atoms with van der Waals surface area (Å²) in [5.41, 5.74) is 2.62. The number of carbonyl (C=O) groups is 1. The molecule has 1 N–H and O–H groups in total. The van der Waals surface area contributed by atoms with E-state index in [9.17, 15) is 4.79 Å². The first-order chi connectivity index (χ1) is 11.8. The quantitative estimate of drug-likeness (QED) is 0.887. The minimum Gasteiger partial charge on any atom is -0.340 e. The number of benzene rings is 2. The second-order valence-corrected chi connectivity index (χ2v) is 6.58. The predicted molar refractivity (Wildman–Crippen MR) is 97.8 cm³/mol. The molecule has 0 atom stereocenters. The van der Waals surface area contributed by atoms with Crippen molar-refractivity contribution in [2.24, 2.45) is 5.92 Å². The Balaban J connectivity index is 1.67. The van der Waals surface area contributed by atoms with Crippen LogP contribution in [0.3, 0.4) is 0 Å². The van der Waals surface area contributed by atoms with Crippen LogP contribution < -0.4 is 5.32 Å². The lowest BCUT2D eigenvalue weighted by Gasteiger charge is -2.29. The Labute approximate surface area is 144 Å². The fourth-order valence-electron chi connectivity index (χ4n) is 3.40. The van der Waals surface area contributed by atoms with Crippen molar-refractivity contribution in [3.05, 3.63) is 71.8 Å². The average Bonchev–Trinajstić information content (AvgIpc) is 2.64. The maximum Gasteiger partial charge on any atom is 0.222 e. The van der Waals surface area contributed by atoms with Gasteiger partial charge >= 0.3 is 0 Å². The summed E-state index contributed by atoms with van der Waals surface area (Å²) < 4.78 is 0. The highest BCUT2D eigenvalue weighted by atomic mass is 16.2. The second-order valence-electron chi connectivity index (χ2n) is 6.58. The SMILES string of the molecule is O=C(CC(Cc1ccccc1)Cc1ccccc1)N1CCNCC1. The van der Waals surface area contributed by atoms with Crippen LogP contribution in [0.1, 0.15) is 17.5 Å². The van der Waals surface area contributed by atoms with Crippen LogP contribution in [0.15, 0.2) is 60.7 Å². The second kappa shape index (κ2) is 8.65. The van der Waals surface area contributed by atoms with E-state index in [1.807, 2.05) is 17.0 Å². The zero-order valence-electron chi connectivity index (χ0n) is 14.2. The molecule has 0 aromatic heterocycles. The number of hydrogen-bond donors (Lipinski definition) is 1. The van der Waals surface area contributed by atoms with E-state index in [-0.39, 0.29) is 0 Å². The van der Waals surface area contributed by atoms with Gasteiger partial charge in [-0.1, -0.05) is 60.7 Å². The summed E-state index contributed by atoms with van der Waals surface area (Å²) in [6, 6.07) is 21.0. The van der Waals surface area contributed by atoms with Gasteiger partial charge in [-0.3, -0.25) is 4.79 Å². The van der Waals surface area contributed by atoms with Crippen LogP contribution in [0.5, 0.6) is 0 Å². The monoisotopic (exact) mass is 322 g/mol. The fraction of sp³-hybridized carbons (Fsp3) is 0.381. The van der Waals surface area contributed by atoms with Crippen LogP contribution in [0.2, 0.25) is 0 Å². The molecular weight excluding hydrogens is 296 g/mol. The van der Waals surface area contributed by atoms with Crippen LogP contribution in [0, 0.1) is 5.92 Å². The molecule has 0 unspecified atom stereocenters. The standard InChI is InChI=1S/C21H26N2O/c24-21(23-13-11-22-12-14-23)17-20(15-18-7-3-1-4-8-18)16-19-9-5-2-6-10-19/h1-10,20,22H,11-17H2. The molecule has 0 spiro atoms. The van der Waals surface area contributed by atoms with Gasteiger partial charge in [0, 0.05) is 32.6 Å². The molecule has 24 heavy (non-hydrogen) atoms. The molecule has 1 heterocycles. The molecule has 1 saturated heterocycles. The van der Waals surface area contributed by atoms with Crippen molar-refractivity contribution in [3.63, 3.8) is 0 Å². The largest absolute Gasteiger partial charge is 0.340 e. The van der Waals surface area contributed by atoms with Crippen LogP contribution in [0.25, 0.3) is 0 Å². The number of piperazine rings is 1. The smallest absolute Gasteiger partial charge is 0.222 e. The van der Waals surface area contributed by atoms with Gasteiger partial charge in [-0.2, -0.15) is 0 Å². The topological polar surface area (TPSA) is 32.3 Å². The van der Waals surface area contributed by atoms with Crippen molar-refractivity contribution < 1.29 is 4.79 Å². The van der Waals surface area contributed by atoms with Crippen LogP contribution >= 0.6 is 0 Å². The molecule has 126 valence electrons. The molecule has 0 aliphatic carbocycles. The normalized spacial score (nSPS) is 14.8. The molecule has 3 rings (SSSR count). The van der Waals surface area contributed by atoms with Crippen LogP contribution in [-0.4, -0.2) is 37.0 Å². The van der Waals surface area contributed by atoms with E-state index in [2.05, 4.69) is 53.8 Å². The first-order valence-corrected chi connectivity index (χ1v) is 8.87. The molecule has 2 aromatic rings. The molecule has 0 bridgehead atoms. The van der Waals surface area contributed by atoms with Gasteiger partial charge in [-0.05, 0) is 29.9 Å². The summed E-state index contributed by atoms with van der Waals surface area (Å²) >= 11 is 0. The van der Waals surface area contributed by atoms with Gasteiger partial charge < -0.3 is 10.2 Å².